The smallest absolute Gasteiger partial charge is 0.317 e. The van der Waals surface area contributed by atoms with Gasteiger partial charge in [0.05, 0.1) is 6.10 Å². The lowest BCUT2D eigenvalue weighted by Gasteiger charge is -2.30. The van der Waals surface area contributed by atoms with Gasteiger partial charge in [-0.1, -0.05) is 65.2 Å². The molecule has 0 aromatic heterocycles. The molecule has 1 saturated heterocycles. The van der Waals surface area contributed by atoms with E-state index in [9.17, 15) is 9.59 Å². The van der Waals surface area contributed by atoms with E-state index < -0.39 is 5.92 Å². The van der Waals surface area contributed by atoms with Crippen LogP contribution >= 0.6 is 0 Å². The summed E-state index contributed by atoms with van der Waals surface area (Å²) in [5.74, 6) is -0.591. The van der Waals surface area contributed by atoms with Crippen LogP contribution in [0.4, 0.5) is 0 Å². The van der Waals surface area contributed by atoms with E-state index in [1.165, 1.54) is 44.9 Å². The molecule has 1 aliphatic heterocycles. The lowest BCUT2D eigenvalue weighted by molar-refractivity contribution is -0.165. The van der Waals surface area contributed by atoms with Crippen LogP contribution in [0.15, 0.2) is 0 Å². The zero-order valence-corrected chi connectivity index (χ0v) is 14.7. The molecule has 0 amide bonds. The highest BCUT2D eigenvalue weighted by Crippen LogP contribution is 2.28. The molecule has 0 N–H and O–H groups in total. The SMILES string of the molecule is CCCCCCCCCCCC(=O)C1C(=O)OC(C)CC1C. The first-order valence-corrected chi connectivity index (χ1v) is 9.29. The zero-order valence-electron chi connectivity index (χ0n) is 14.7. The lowest BCUT2D eigenvalue weighted by atomic mass is 9.82. The van der Waals surface area contributed by atoms with Crippen LogP contribution in [0.5, 0.6) is 0 Å². The van der Waals surface area contributed by atoms with Crippen molar-refractivity contribution in [3.8, 4) is 0 Å². The number of hydrogen-bond acceptors (Lipinski definition) is 3. The van der Waals surface area contributed by atoms with Crippen LogP contribution in [-0.4, -0.2) is 17.9 Å². The average molecular weight is 310 g/mol. The molecule has 0 radical (unpaired) electrons. The zero-order chi connectivity index (χ0) is 16.4. The van der Waals surface area contributed by atoms with Crippen LogP contribution in [0.1, 0.15) is 91.4 Å². The number of hydrogen-bond donors (Lipinski definition) is 0. The molecule has 1 rings (SSSR count). The van der Waals surface area contributed by atoms with Crippen LogP contribution in [0.3, 0.4) is 0 Å². The minimum absolute atomic E-state index is 0.0424. The van der Waals surface area contributed by atoms with Gasteiger partial charge in [-0.25, -0.2) is 0 Å². The predicted molar refractivity (Wildman–Crippen MR) is 89.7 cm³/mol. The second kappa shape index (κ2) is 10.8. The molecule has 0 spiro atoms. The molecule has 3 heteroatoms. The normalized spacial score (nSPS) is 25.0. The maximum atomic E-state index is 12.2. The van der Waals surface area contributed by atoms with Crippen molar-refractivity contribution in [2.75, 3.05) is 0 Å². The third-order valence-corrected chi connectivity index (χ3v) is 4.72. The highest BCUT2D eigenvalue weighted by Gasteiger charge is 2.38. The molecule has 0 aliphatic carbocycles. The Morgan fingerprint density at radius 1 is 1.00 bits per heavy atom. The number of rotatable bonds is 11. The molecule has 1 fully saturated rings. The van der Waals surface area contributed by atoms with Crippen molar-refractivity contribution in [1.82, 2.24) is 0 Å². The molecule has 0 aromatic rings. The highest BCUT2D eigenvalue weighted by atomic mass is 16.5. The molecule has 1 aliphatic rings. The van der Waals surface area contributed by atoms with E-state index in [1.807, 2.05) is 13.8 Å². The summed E-state index contributed by atoms with van der Waals surface area (Å²) in [6, 6.07) is 0. The summed E-state index contributed by atoms with van der Waals surface area (Å²) in [5.41, 5.74) is 0. The summed E-state index contributed by atoms with van der Waals surface area (Å²) >= 11 is 0. The Hall–Kier alpha value is -0.860. The molecule has 0 aromatic carbocycles. The Labute approximate surface area is 136 Å². The van der Waals surface area contributed by atoms with Crippen molar-refractivity contribution in [2.45, 2.75) is 97.5 Å². The summed E-state index contributed by atoms with van der Waals surface area (Å²) in [5, 5.41) is 0. The van der Waals surface area contributed by atoms with Gasteiger partial charge in [0.1, 0.15) is 11.7 Å². The fraction of sp³-hybridized carbons (Fsp3) is 0.895. The van der Waals surface area contributed by atoms with Crippen LogP contribution in [0.25, 0.3) is 0 Å². The lowest BCUT2D eigenvalue weighted by Crippen LogP contribution is -2.40. The number of cyclic esters (lactones) is 1. The van der Waals surface area contributed by atoms with Crippen molar-refractivity contribution in [2.24, 2.45) is 11.8 Å². The number of carbonyl (C=O) groups is 2. The Morgan fingerprint density at radius 2 is 1.55 bits per heavy atom. The monoisotopic (exact) mass is 310 g/mol. The summed E-state index contributed by atoms with van der Waals surface area (Å²) < 4.78 is 5.22. The van der Waals surface area contributed by atoms with Crippen molar-refractivity contribution in [1.29, 1.82) is 0 Å². The summed E-state index contributed by atoms with van der Waals surface area (Å²) in [7, 11) is 0. The van der Waals surface area contributed by atoms with Crippen LogP contribution in [0, 0.1) is 11.8 Å². The second-order valence-corrected chi connectivity index (χ2v) is 6.98. The van der Waals surface area contributed by atoms with Gasteiger partial charge in [0.2, 0.25) is 0 Å². The van der Waals surface area contributed by atoms with Crippen molar-refractivity contribution >= 4 is 11.8 Å². The molecule has 22 heavy (non-hydrogen) atoms. The Balaban J connectivity index is 2.09. The molecule has 0 bridgehead atoms. The number of unbranched alkanes of at least 4 members (excludes halogenated alkanes) is 8. The Kier molecular flexibility index (Phi) is 9.42. The van der Waals surface area contributed by atoms with E-state index in [-0.39, 0.29) is 23.8 Å². The van der Waals surface area contributed by atoms with E-state index in [1.54, 1.807) is 0 Å². The molecule has 3 nitrogen and oxygen atoms in total. The molecular weight excluding hydrogens is 276 g/mol. The standard InChI is InChI=1S/C19H34O3/c1-4-5-6-7-8-9-10-11-12-13-17(20)18-15(2)14-16(3)22-19(18)21/h15-16,18H,4-14H2,1-3H3. The average Bonchev–Trinajstić information content (AvgIpc) is 2.44. The van der Waals surface area contributed by atoms with Gasteiger partial charge in [0.25, 0.3) is 0 Å². The predicted octanol–water partition coefficient (Wildman–Crippen LogP) is 5.06. The summed E-state index contributed by atoms with van der Waals surface area (Å²) in [4.78, 5) is 24.1. The number of Topliss-reactive ketones (excluding diaryl/α,β-unsaturated/α-hetero) is 1. The van der Waals surface area contributed by atoms with Crippen molar-refractivity contribution in [3.63, 3.8) is 0 Å². The van der Waals surface area contributed by atoms with E-state index in [2.05, 4.69) is 6.92 Å². The van der Waals surface area contributed by atoms with Crippen molar-refractivity contribution in [3.05, 3.63) is 0 Å². The third-order valence-electron chi connectivity index (χ3n) is 4.72. The van der Waals surface area contributed by atoms with Crippen LogP contribution < -0.4 is 0 Å². The minimum atomic E-state index is -0.509. The first kappa shape index (κ1) is 19.2. The molecule has 3 atom stereocenters. The first-order chi connectivity index (χ1) is 10.6. The van der Waals surface area contributed by atoms with Gasteiger partial charge in [0.15, 0.2) is 0 Å². The van der Waals surface area contributed by atoms with E-state index >= 15 is 0 Å². The maximum Gasteiger partial charge on any atom is 0.317 e. The Morgan fingerprint density at radius 3 is 2.09 bits per heavy atom. The van der Waals surface area contributed by atoms with Gasteiger partial charge in [0, 0.05) is 6.42 Å². The fourth-order valence-electron chi connectivity index (χ4n) is 3.43. The molecule has 1 heterocycles. The number of ether oxygens (including phenoxy) is 1. The van der Waals surface area contributed by atoms with E-state index in [0.717, 1.165) is 19.3 Å². The topological polar surface area (TPSA) is 43.4 Å². The third kappa shape index (κ3) is 6.93. The van der Waals surface area contributed by atoms with Crippen LogP contribution in [-0.2, 0) is 14.3 Å². The fourth-order valence-corrected chi connectivity index (χ4v) is 3.43. The molecule has 3 unspecified atom stereocenters. The largest absolute Gasteiger partial charge is 0.462 e. The molecular formula is C19H34O3. The second-order valence-electron chi connectivity index (χ2n) is 6.98. The van der Waals surface area contributed by atoms with Gasteiger partial charge in [-0.2, -0.15) is 0 Å². The van der Waals surface area contributed by atoms with Gasteiger partial charge in [-0.05, 0) is 25.7 Å². The number of ketones is 1. The quantitative estimate of drug-likeness (QED) is 0.304. The highest BCUT2D eigenvalue weighted by molar-refractivity contribution is 5.99. The van der Waals surface area contributed by atoms with Gasteiger partial charge < -0.3 is 4.74 Å². The van der Waals surface area contributed by atoms with E-state index in [0.29, 0.717) is 6.42 Å². The minimum Gasteiger partial charge on any atom is -0.462 e. The molecule has 128 valence electrons. The Bertz CT molecular complexity index is 338. The van der Waals surface area contributed by atoms with E-state index in [4.69, 9.17) is 4.74 Å². The molecule has 0 saturated carbocycles. The summed E-state index contributed by atoms with van der Waals surface area (Å²) in [6.07, 6.45) is 12.5. The van der Waals surface area contributed by atoms with Crippen molar-refractivity contribution < 1.29 is 14.3 Å². The van der Waals surface area contributed by atoms with Gasteiger partial charge >= 0.3 is 5.97 Å². The van der Waals surface area contributed by atoms with Gasteiger partial charge in [-0.3, -0.25) is 9.59 Å². The summed E-state index contributed by atoms with van der Waals surface area (Å²) in [6.45, 7) is 6.13. The first-order valence-electron chi connectivity index (χ1n) is 9.29. The van der Waals surface area contributed by atoms with Crippen LogP contribution in [0.2, 0.25) is 0 Å². The number of esters is 1. The van der Waals surface area contributed by atoms with Gasteiger partial charge in [-0.15, -0.1) is 0 Å². The maximum absolute atomic E-state index is 12.2. The number of carbonyl (C=O) groups excluding carboxylic acids is 2.